The van der Waals surface area contributed by atoms with Crippen LogP contribution in [0, 0.1) is 5.82 Å². The third-order valence-electron chi connectivity index (χ3n) is 6.42. The molecule has 3 N–H and O–H groups in total. The Labute approximate surface area is 223 Å². The highest BCUT2D eigenvalue weighted by atomic mass is 19.1. The van der Waals surface area contributed by atoms with Gasteiger partial charge in [-0.05, 0) is 67.7 Å². The highest BCUT2D eigenvalue weighted by molar-refractivity contribution is 5.96. The molecule has 1 aromatic carbocycles. The van der Waals surface area contributed by atoms with Gasteiger partial charge >= 0.3 is 0 Å². The fourth-order valence-electron chi connectivity index (χ4n) is 4.53. The molecular weight excluding hydrogens is 495 g/mol. The van der Waals surface area contributed by atoms with Crippen LogP contribution in [0.3, 0.4) is 0 Å². The first-order valence-corrected chi connectivity index (χ1v) is 12.4. The molecule has 0 saturated heterocycles. The Kier molecular flexibility index (Phi) is 6.28. The van der Waals surface area contributed by atoms with E-state index in [1.165, 1.54) is 18.3 Å². The molecule has 0 saturated carbocycles. The summed E-state index contributed by atoms with van der Waals surface area (Å²) in [4.78, 5) is 14.0. The van der Waals surface area contributed by atoms with Gasteiger partial charge in [-0.2, -0.15) is 5.10 Å². The number of hydrogen-bond donors (Lipinski definition) is 3. The molecule has 8 nitrogen and oxygen atoms in total. The summed E-state index contributed by atoms with van der Waals surface area (Å²) in [7, 11) is 3.93. The van der Waals surface area contributed by atoms with Crippen LogP contribution in [-0.4, -0.2) is 62.4 Å². The summed E-state index contributed by atoms with van der Waals surface area (Å²) in [5.41, 5.74) is 10.0. The third-order valence-corrected chi connectivity index (χ3v) is 6.42. The van der Waals surface area contributed by atoms with E-state index in [-0.39, 0.29) is 11.6 Å². The van der Waals surface area contributed by atoms with Crippen LogP contribution in [0.5, 0.6) is 11.5 Å². The van der Waals surface area contributed by atoms with Gasteiger partial charge < -0.3 is 19.7 Å². The maximum absolute atomic E-state index is 14.7. The first-order valence-electron chi connectivity index (χ1n) is 12.4. The number of fused-ring (bicyclic) bond motifs is 2. The number of aromatic amines is 2. The maximum atomic E-state index is 14.7. The van der Waals surface area contributed by atoms with E-state index in [0.29, 0.717) is 34.9 Å². The molecule has 0 aliphatic heterocycles. The average Bonchev–Trinajstić information content (AvgIpc) is 3.46. The van der Waals surface area contributed by atoms with E-state index in [4.69, 9.17) is 4.74 Å². The van der Waals surface area contributed by atoms with E-state index in [9.17, 15) is 9.50 Å². The summed E-state index contributed by atoms with van der Waals surface area (Å²) in [5.74, 6) is 0.176. The van der Waals surface area contributed by atoms with Crippen molar-refractivity contribution in [3.63, 3.8) is 0 Å². The SMILES string of the molecule is CN(C)CCOc1cc(F)cc(C2=CC=C=Cc3[nH]c(-c4n[nH]c5cnc(-c6cncc(O)c6)cc45)cc32)c1. The van der Waals surface area contributed by atoms with Crippen LogP contribution in [-0.2, 0) is 0 Å². The van der Waals surface area contributed by atoms with Crippen molar-refractivity contribution in [1.29, 1.82) is 0 Å². The highest BCUT2D eigenvalue weighted by Gasteiger charge is 2.19. The van der Waals surface area contributed by atoms with E-state index in [2.05, 4.69) is 30.9 Å². The van der Waals surface area contributed by atoms with E-state index in [0.717, 1.165) is 40.0 Å². The van der Waals surface area contributed by atoms with Crippen molar-refractivity contribution >= 4 is 22.6 Å². The Balaban J connectivity index is 1.39. The number of nitrogens with one attached hydrogen (secondary N) is 2. The van der Waals surface area contributed by atoms with Gasteiger partial charge in [-0.25, -0.2) is 4.39 Å². The van der Waals surface area contributed by atoms with Crippen molar-refractivity contribution in [2.75, 3.05) is 27.2 Å². The quantitative estimate of drug-likeness (QED) is 0.248. The molecule has 1 aliphatic rings. The lowest BCUT2D eigenvalue weighted by Crippen LogP contribution is -2.19. The number of pyridine rings is 2. The zero-order valence-corrected chi connectivity index (χ0v) is 21.4. The molecule has 39 heavy (non-hydrogen) atoms. The number of benzene rings is 1. The number of nitrogens with zero attached hydrogens (tertiary/aromatic N) is 4. The number of halogens is 1. The van der Waals surface area contributed by atoms with Crippen molar-refractivity contribution in [1.82, 2.24) is 30.0 Å². The minimum atomic E-state index is -0.369. The second-order valence-electron chi connectivity index (χ2n) is 9.51. The van der Waals surface area contributed by atoms with Crippen molar-refractivity contribution < 1.29 is 14.2 Å². The normalized spacial score (nSPS) is 12.6. The molecule has 0 amide bonds. The molecule has 9 heteroatoms. The topological polar surface area (TPSA) is 103 Å². The minimum Gasteiger partial charge on any atom is -0.506 e. The minimum absolute atomic E-state index is 0.0673. The van der Waals surface area contributed by atoms with Gasteiger partial charge in [-0.15, -0.1) is 5.73 Å². The van der Waals surface area contributed by atoms with Gasteiger partial charge in [0.1, 0.15) is 29.6 Å². The van der Waals surface area contributed by atoms with Gasteiger partial charge in [0.15, 0.2) is 0 Å². The summed E-state index contributed by atoms with van der Waals surface area (Å²) in [5, 5.41) is 18.3. The van der Waals surface area contributed by atoms with Crippen LogP contribution in [0.1, 0.15) is 16.8 Å². The molecule has 4 aromatic heterocycles. The van der Waals surface area contributed by atoms with E-state index >= 15 is 0 Å². The first kappa shape index (κ1) is 24.4. The Morgan fingerprint density at radius 1 is 1.05 bits per heavy atom. The Bertz CT molecular complexity index is 1790. The van der Waals surface area contributed by atoms with Crippen LogP contribution in [0.15, 0.2) is 72.9 Å². The van der Waals surface area contributed by atoms with Crippen molar-refractivity contribution in [3.8, 4) is 34.1 Å². The average molecular weight is 521 g/mol. The van der Waals surface area contributed by atoms with Crippen LogP contribution < -0.4 is 4.74 Å². The van der Waals surface area contributed by atoms with Crippen LogP contribution in [0.4, 0.5) is 4.39 Å². The van der Waals surface area contributed by atoms with E-state index in [1.807, 2.05) is 55.4 Å². The number of ether oxygens (including phenoxy) is 1. The molecular formula is C30H25FN6O2. The van der Waals surface area contributed by atoms with Crippen molar-refractivity contribution in [2.45, 2.75) is 0 Å². The Morgan fingerprint density at radius 2 is 1.95 bits per heavy atom. The number of H-pyrrole nitrogens is 2. The molecule has 0 spiro atoms. The molecule has 1 aliphatic carbocycles. The van der Waals surface area contributed by atoms with Gasteiger partial charge in [-0.3, -0.25) is 15.1 Å². The summed E-state index contributed by atoms with van der Waals surface area (Å²) in [6.45, 7) is 1.18. The van der Waals surface area contributed by atoms with Gasteiger partial charge in [0.2, 0.25) is 0 Å². The van der Waals surface area contributed by atoms with E-state index < -0.39 is 0 Å². The van der Waals surface area contributed by atoms with Crippen LogP contribution >= 0.6 is 0 Å². The monoisotopic (exact) mass is 520 g/mol. The van der Waals surface area contributed by atoms with Crippen molar-refractivity contribution in [2.24, 2.45) is 0 Å². The van der Waals surface area contributed by atoms with Crippen LogP contribution in [0.25, 0.3) is 45.2 Å². The summed E-state index contributed by atoms with van der Waals surface area (Å²) in [6, 6.07) is 10.3. The van der Waals surface area contributed by atoms with Gasteiger partial charge in [0.05, 0.1) is 35.0 Å². The molecule has 194 valence electrons. The largest absolute Gasteiger partial charge is 0.506 e. The summed E-state index contributed by atoms with van der Waals surface area (Å²) >= 11 is 0. The molecule has 0 atom stereocenters. The number of allylic oxidation sites excluding steroid dienone is 2. The number of aromatic hydroxyl groups is 1. The van der Waals surface area contributed by atoms with Gasteiger partial charge in [-0.1, -0.05) is 0 Å². The molecule has 0 radical (unpaired) electrons. The van der Waals surface area contributed by atoms with Crippen molar-refractivity contribution in [3.05, 3.63) is 95.5 Å². The lowest BCUT2D eigenvalue weighted by atomic mass is 9.97. The fraction of sp³-hybridized carbons (Fsp3) is 0.133. The molecule has 5 aromatic rings. The smallest absolute Gasteiger partial charge is 0.134 e. The molecule has 6 rings (SSSR count). The van der Waals surface area contributed by atoms with Gasteiger partial charge in [0.25, 0.3) is 0 Å². The number of likely N-dealkylation sites (N-methyl/N-ethyl adjacent to an activating group) is 1. The molecule has 0 bridgehead atoms. The zero-order chi connectivity index (χ0) is 26.9. The number of aromatic nitrogens is 5. The first-order chi connectivity index (χ1) is 18.9. The predicted octanol–water partition coefficient (Wildman–Crippen LogP) is 5.41. The zero-order valence-electron chi connectivity index (χ0n) is 21.4. The standard InChI is InChI=1S/C30H25FN6O2/c1-37(2)7-8-39-22-11-18(9-20(31)12-22)23-5-3-4-6-26-24(23)13-28(34-26)30-25-14-27(33-17-29(25)35-36-30)19-10-21(38)16-32-15-19/h3,5-6,9-17,34,38H,7-8H2,1-2H3,(H,35,36). The number of rotatable bonds is 7. The lowest BCUT2D eigenvalue weighted by Gasteiger charge is -2.13. The second-order valence-corrected chi connectivity index (χ2v) is 9.51. The maximum Gasteiger partial charge on any atom is 0.134 e. The molecule has 4 heterocycles. The Morgan fingerprint density at radius 3 is 2.79 bits per heavy atom. The third kappa shape index (κ3) is 4.96. The summed E-state index contributed by atoms with van der Waals surface area (Å²) in [6.07, 6.45) is 10.3. The Hall–Kier alpha value is -4.98. The number of hydrogen-bond acceptors (Lipinski definition) is 6. The highest BCUT2D eigenvalue weighted by Crippen LogP contribution is 2.36. The molecule has 0 fully saturated rings. The van der Waals surface area contributed by atoms with Crippen LogP contribution in [0.2, 0.25) is 0 Å². The second kappa shape index (κ2) is 10.1. The summed E-state index contributed by atoms with van der Waals surface area (Å²) < 4.78 is 20.5. The fourth-order valence-corrected chi connectivity index (χ4v) is 4.53. The molecule has 0 unspecified atom stereocenters. The predicted molar refractivity (Wildman–Crippen MR) is 149 cm³/mol. The lowest BCUT2D eigenvalue weighted by molar-refractivity contribution is 0.260. The van der Waals surface area contributed by atoms with E-state index in [1.54, 1.807) is 18.5 Å². The van der Waals surface area contributed by atoms with Gasteiger partial charge in [0, 0.05) is 41.4 Å².